The third-order valence-electron chi connectivity index (χ3n) is 6.20. The van der Waals surface area contributed by atoms with Crippen LogP contribution in [-0.4, -0.2) is 57.4 Å². The van der Waals surface area contributed by atoms with Gasteiger partial charge in [0, 0.05) is 13.1 Å². The summed E-state index contributed by atoms with van der Waals surface area (Å²) in [6.07, 6.45) is 0.208. The molecule has 1 fully saturated rings. The van der Waals surface area contributed by atoms with E-state index in [1.807, 2.05) is 13.0 Å². The van der Waals surface area contributed by atoms with E-state index in [-0.39, 0.29) is 23.9 Å². The molecule has 9 heteroatoms. The van der Waals surface area contributed by atoms with Gasteiger partial charge in [-0.15, -0.1) is 0 Å². The average molecular weight is 473 g/mol. The number of aryl methyl sites for hydroxylation is 2. The van der Waals surface area contributed by atoms with E-state index < -0.39 is 28.0 Å². The lowest BCUT2D eigenvalue weighted by Crippen LogP contribution is -2.52. The Bertz CT molecular complexity index is 1180. The number of esters is 1. The number of amides is 1. The van der Waals surface area contributed by atoms with E-state index in [0.29, 0.717) is 36.4 Å². The van der Waals surface area contributed by atoms with E-state index in [1.165, 1.54) is 16.3 Å². The van der Waals surface area contributed by atoms with E-state index in [0.717, 1.165) is 5.56 Å². The Labute approximate surface area is 194 Å². The van der Waals surface area contributed by atoms with Crippen molar-refractivity contribution in [3.8, 4) is 5.75 Å². The maximum Gasteiger partial charge on any atom is 0.348 e. The number of sulfonamides is 1. The molecular weight excluding hydrogens is 444 g/mol. The second-order valence-electron chi connectivity index (χ2n) is 8.52. The number of piperidine rings is 1. The molecule has 33 heavy (non-hydrogen) atoms. The first-order valence-electron chi connectivity index (χ1n) is 10.9. The number of methoxy groups -OCH3 is 1. The van der Waals surface area contributed by atoms with E-state index in [2.05, 4.69) is 0 Å². The minimum Gasteiger partial charge on any atom is -0.475 e. The number of hydrogen-bond acceptors (Lipinski definition) is 6. The molecule has 0 aliphatic carbocycles. The van der Waals surface area contributed by atoms with Crippen molar-refractivity contribution in [2.45, 2.75) is 37.7 Å². The van der Waals surface area contributed by atoms with Crippen LogP contribution in [0.4, 0.5) is 5.69 Å². The summed E-state index contributed by atoms with van der Waals surface area (Å²) in [5, 5.41) is 0. The van der Waals surface area contributed by atoms with Gasteiger partial charge in [-0.3, -0.25) is 4.79 Å². The van der Waals surface area contributed by atoms with Gasteiger partial charge in [0.1, 0.15) is 5.75 Å². The van der Waals surface area contributed by atoms with Crippen molar-refractivity contribution < 1.29 is 27.5 Å². The first-order chi connectivity index (χ1) is 15.7. The number of ether oxygens (including phenoxy) is 2. The molecule has 2 atom stereocenters. The van der Waals surface area contributed by atoms with E-state index in [4.69, 9.17) is 9.47 Å². The van der Waals surface area contributed by atoms with Gasteiger partial charge in [-0.2, -0.15) is 4.31 Å². The van der Waals surface area contributed by atoms with Gasteiger partial charge < -0.3 is 14.4 Å². The molecule has 0 spiro atoms. The smallest absolute Gasteiger partial charge is 0.348 e. The lowest BCUT2D eigenvalue weighted by molar-refractivity contribution is -0.148. The van der Waals surface area contributed by atoms with Crippen molar-refractivity contribution in [3.05, 3.63) is 53.6 Å². The molecule has 0 radical (unpaired) electrons. The van der Waals surface area contributed by atoms with Gasteiger partial charge in [0.05, 0.1) is 30.2 Å². The van der Waals surface area contributed by atoms with E-state index in [1.54, 1.807) is 43.3 Å². The van der Waals surface area contributed by atoms with Crippen LogP contribution in [0, 0.1) is 19.8 Å². The molecule has 2 aromatic carbocycles. The molecule has 0 N–H and O–H groups in total. The standard InChI is InChI=1S/C24H28N2O6S/c1-16-10-11-17(2)22(13-16)33(29,30)25-12-6-7-18(14-25)23(27)26-15-21(24(28)31-3)32-20-9-5-4-8-19(20)26/h4-5,8-11,13,18,21H,6-7,12,14-15H2,1-3H3/t18-,21+/m1/s1. The van der Waals surface area contributed by atoms with E-state index >= 15 is 0 Å². The summed E-state index contributed by atoms with van der Waals surface area (Å²) in [5.41, 5.74) is 2.11. The quantitative estimate of drug-likeness (QED) is 0.636. The highest BCUT2D eigenvalue weighted by atomic mass is 32.2. The maximum atomic E-state index is 13.6. The van der Waals surface area contributed by atoms with Gasteiger partial charge >= 0.3 is 5.97 Å². The van der Waals surface area contributed by atoms with Crippen LogP contribution in [0.5, 0.6) is 5.75 Å². The van der Waals surface area contributed by atoms with Gasteiger partial charge in [-0.05, 0) is 56.0 Å². The molecule has 2 aromatic rings. The molecule has 4 rings (SSSR count). The number of nitrogens with zero attached hydrogens (tertiary/aromatic N) is 2. The zero-order valence-electron chi connectivity index (χ0n) is 19.0. The number of anilines is 1. The highest BCUT2D eigenvalue weighted by molar-refractivity contribution is 7.89. The SMILES string of the molecule is COC(=O)[C@@H]1CN(C(=O)[C@@H]2CCCN(S(=O)(=O)c3cc(C)ccc3C)C2)c2ccccc2O1. The molecule has 0 unspecified atom stereocenters. The number of carbonyl (C=O) groups is 2. The molecule has 2 aliphatic rings. The second kappa shape index (κ2) is 9.15. The molecule has 1 amide bonds. The number of hydrogen-bond donors (Lipinski definition) is 0. The largest absolute Gasteiger partial charge is 0.475 e. The zero-order chi connectivity index (χ0) is 23.8. The molecule has 8 nitrogen and oxygen atoms in total. The van der Waals surface area contributed by atoms with Gasteiger partial charge in [0.15, 0.2) is 0 Å². The predicted molar refractivity (Wildman–Crippen MR) is 123 cm³/mol. The van der Waals surface area contributed by atoms with Crippen molar-refractivity contribution in [2.75, 3.05) is 31.6 Å². The van der Waals surface area contributed by atoms with Crippen LogP contribution < -0.4 is 9.64 Å². The molecule has 2 aliphatic heterocycles. The Balaban J connectivity index is 1.60. The van der Waals surface area contributed by atoms with Crippen molar-refractivity contribution >= 4 is 27.6 Å². The molecule has 0 saturated carbocycles. The van der Waals surface area contributed by atoms with Gasteiger partial charge in [-0.1, -0.05) is 24.3 Å². The summed E-state index contributed by atoms with van der Waals surface area (Å²) < 4.78 is 38.8. The van der Waals surface area contributed by atoms with Crippen LogP contribution in [0.25, 0.3) is 0 Å². The van der Waals surface area contributed by atoms with Crippen LogP contribution in [0.3, 0.4) is 0 Å². The van der Waals surface area contributed by atoms with Crippen molar-refractivity contribution in [3.63, 3.8) is 0 Å². The fourth-order valence-corrected chi connectivity index (χ4v) is 6.24. The third-order valence-corrected chi connectivity index (χ3v) is 8.21. The molecule has 1 saturated heterocycles. The lowest BCUT2D eigenvalue weighted by Gasteiger charge is -2.38. The number of benzene rings is 2. The summed E-state index contributed by atoms with van der Waals surface area (Å²) in [6, 6.07) is 12.4. The van der Waals surface area contributed by atoms with Crippen LogP contribution in [0.1, 0.15) is 24.0 Å². The number of fused-ring (bicyclic) bond motifs is 1. The average Bonchev–Trinajstić information content (AvgIpc) is 2.83. The third kappa shape index (κ3) is 4.47. The van der Waals surface area contributed by atoms with Crippen LogP contribution in [0.15, 0.2) is 47.4 Å². The molecule has 0 bridgehead atoms. The van der Waals surface area contributed by atoms with Crippen molar-refractivity contribution in [2.24, 2.45) is 5.92 Å². The van der Waals surface area contributed by atoms with Crippen LogP contribution in [-0.2, 0) is 24.3 Å². The summed E-state index contributed by atoms with van der Waals surface area (Å²) in [7, 11) is -2.46. The zero-order valence-corrected chi connectivity index (χ0v) is 19.8. The first-order valence-corrected chi connectivity index (χ1v) is 12.4. The maximum absolute atomic E-state index is 13.6. The number of rotatable bonds is 4. The monoisotopic (exact) mass is 472 g/mol. The molecular formula is C24H28N2O6S. The fraction of sp³-hybridized carbons (Fsp3) is 0.417. The summed E-state index contributed by atoms with van der Waals surface area (Å²) in [5.74, 6) is -0.892. The predicted octanol–water partition coefficient (Wildman–Crippen LogP) is 2.67. The minimum absolute atomic E-state index is 0.0166. The summed E-state index contributed by atoms with van der Waals surface area (Å²) in [6.45, 7) is 4.11. The van der Waals surface area contributed by atoms with Crippen LogP contribution >= 0.6 is 0 Å². The summed E-state index contributed by atoms with van der Waals surface area (Å²) in [4.78, 5) is 27.6. The molecule has 2 heterocycles. The van der Waals surface area contributed by atoms with Gasteiger partial charge in [0.2, 0.25) is 22.0 Å². The highest BCUT2D eigenvalue weighted by Crippen LogP contribution is 2.36. The minimum atomic E-state index is -3.74. The number of carbonyl (C=O) groups excluding carboxylic acids is 2. The van der Waals surface area contributed by atoms with E-state index in [9.17, 15) is 18.0 Å². The van der Waals surface area contributed by atoms with Gasteiger partial charge in [0.25, 0.3) is 0 Å². The lowest BCUT2D eigenvalue weighted by atomic mass is 9.97. The highest BCUT2D eigenvalue weighted by Gasteiger charge is 2.40. The Morgan fingerprint density at radius 3 is 2.61 bits per heavy atom. The normalized spacial score (nSPS) is 21.1. The first kappa shape index (κ1) is 23.3. The Morgan fingerprint density at radius 1 is 1.09 bits per heavy atom. The molecule has 0 aromatic heterocycles. The van der Waals surface area contributed by atoms with Crippen molar-refractivity contribution in [1.29, 1.82) is 0 Å². The summed E-state index contributed by atoms with van der Waals surface area (Å²) >= 11 is 0. The van der Waals surface area contributed by atoms with Gasteiger partial charge in [-0.25, -0.2) is 13.2 Å². The fourth-order valence-electron chi connectivity index (χ4n) is 4.40. The Kier molecular flexibility index (Phi) is 6.45. The van der Waals surface area contributed by atoms with Crippen molar-refractivity contribution in [1.82, 2.24) is 4.31 Å². The Morgan fingerprint density at radius 2 is 1.85 bits per heavy atom. The topological polar surface area (TPSA) is 93.2 Å². The molecule has 176 valence electrons. The van der Waals surface area contributed by atoms with Crippen LogP contribution in [0.2, 0.25) is 0 Å². The second-order valence-corrected chi connectivity index (χ2v) is 10.4. The number of para-hydroxylation sites is 2. The Hall–Kier alpha value is -2.91.